The van der Waals surface area contributed by atoms with Gasteiger partial charge in [-0.15, -0.1) is 0 Å². The maximum atomic E-state index is 12.9. The second-order valence-corrected chi connectivity index (χ2v) is 6.15. The van der Waals surface area contributed by atoms with Gasteiger partial charge in [-0.05, 0) is 23.1 Å². The molecule has 5 nitrogen and oxygen atoms in total. The standard InChI is InChI=1S/C15H18FN3O2/c1-15(2,3)11(17)12-18-13(20)10(14(21)19-12)8-4-6-9(16)7-5-8/h4-7,10-11H,17H2,1-3H3,(H,18,19,20,21). The normalized spacial score (nSPS) is 20.8. The van der Waals surface area contributed by atoms with Crippen molar-refractivity contribution in [2.45, 2.75) is 32.7 Å². The minimum Gasteiger partial charge on any atom is -0.321 e. The number of amidine groups is 1. The summed E-state index contributed by atoms with van der Waals surface area (Å²) in [5, 5.41) is 2.59. The molecule has 21 heavy (non-hydrogen) atoms. The van der Waals surface area contributed by atoms with Crippen LogP contribution in [0.2, 0.25) is 0 Å². The number of hydrogen-bond donors (Lipinski definition) is 2. The van der Waals surface area contributed by atoms with E-state index in [9.17, 15) is 14.0 Å². The Kier molecular flexibility index (Phi) is 3.91. The molecule has 0 spiro atoms. The van der Waals surface area contributed by atoms with Crippen molar-refractivity contribution >= 4 is 17.6 Å². The molecular formula is C15H18FN3O2. The first-order valence-electron chi connectivity index (χ1n) is 6.64. The number of rotatable bonds is 2. The van der Waals surface area contributed by atoms with Gasteiger partial charge in [-0.2, -0.15) is 4.99 Å². The molecule has 0 aromatic heterocycles. The molecule has 1 heterocycles. The fourth-order valence-corrected chi connectivity index (χ4v) is 2.03. The van der Waals surface area contributed by atoms with Crippen LogP contribution in [0.1, 0.15) is 32.3 Å². The quantitative estimate of drug-likeness (QED) is 0.806. The zero-order chi connectivity index (χ0) is 15.8. The van der Waals surface area contributed by atoms with Gasteiger partial charge in [0.15, 0.2) is 0 Å². The third-order valence-electron chi connectivity index (χ3n) is 3.42. The summed E-state index contributed by atoms with van der Waals surface area (Å²) in [5.74, 6) is -2.38. The lowest BCUT2D eigenvalue weighted by Crippen LogP contribution is -2.54. The smallest absolute Gasteiger partial charge is 0.264 e. The van der Waals surface area contributed by atoms with Gasteiger partial charge in [-0.3, -0.25) is 9.59 Å². The molecule has 0 saturated heterocycles. The molecule has 0 saturated carbocycles. The van der Waals surface area contributed by atoms with Crippen LogP contribution in [0, 0.1) is 11.2 Å². The number of nitrogens with one attached hydrogen (secondary N) is 1. The van der Waals surface area contributed by atoms with E-state index in [1.807, 2.05) is 20.8 Å². The summed E-state index contributed by atoms with van der Waals surface area (Å²) in [7, 11) is 0. The fourth-order valence-electron chi connectivity index (χ4n) is 2.03. The van der Waals surface area contributed by atoms with Gasteiger partial charge in [-0.1, -0.05) is 32.9 Å². The summed E-state index contributed by atoms with van der Waals surface area (Å²) < 4.78 is 12.9. The average Bonchev–Trinajstić information content (AvgIpc) is 2.38. The summed E-state index contributed by atoms with van der Waals surface area (Å²) in [6.07, 6.45) is 0. The van der Waals surface area contributed by atoms with Crippen LogP contribution in [0.5, 0.6) is 0 Å². The Hall–Kier alpha value is -2.08. The van der Waals surface area contributed by atoms with Crippen LogP contribution < -0.4 is 11.1 Å². The molecule has 2 rings (SSSR count). The first-order valence-corrected chi connectivity index (χ1v) is 6.64. The van der Waals surface area contributed by atoms with E-state index in [4.69, 9.17) is 5.73 Å². The Balaban J connectivity index is 2.30. The van der Waals surface area contributed by atoms with E-state index in [-0.39, 0.29) is 11.3 Å². The van der Waals surface area contributed by atoms with Crippen molar-refractivity contribution in [2.24, 2.45) is 16.1 Å². The van der Waals surface area contributed by atoms with E-state index >= 15 is 0 Å². The maximum Gasteiger partial charge on any atom is 0.264 e. The first kappa shape index (κ1) is 15.3. The summed E-state index contributed by atoms with van der Waals surface area (Å²) >= 11 is 0. The number of carbonyl (C=O) groups excluding carboxylic acids is 2. The molecule has 2 amide bonds. The highest BCUT2D eigenvalue weighted by molar-refractivity contribution is 6.20. The minimum absolute atomic E-state index is 0.177. The van der Waals surface area contributed by atoms with E-state index in [0.29, 0.717) is 5.56 Å². The number of nitrogens with zero attached hydrogens (tertiary/aromatic N) is 1. The molecule has 2 unspecified atom stereocenters. The molecule has 1 aromatic carbocycles. The van der Waals surface area contributed by atoms with Crippen molar-refractivity contribution < 1.29 is 14.0 Å². The van der Waals surface area contributed by atoms with Gasteiger partial charge >= 0.3 is 0 Å². The van der Waals surface area contributed by atoms with Crippen LogP contribution >= 0.6 is 0 Å². The van der Waals surface area contributed by atoms with Crippen molar-refractivity contribution in [3.8, 4) is 0 Å². The fraction of sp³-hybridized carbons (Fsp3) is 0.400. The van der Waals surface area contributed by atoms with Crippen molar-refractivity contribution in [3.63, 3.8) is 0 Å². The third-order valence-corrected chi connectivity index (χ3v) is 3.42. The third kappa shape index (κ3) is 3.16. The highest BCUT2D eigenvalue weighted by Crippen LogP contribution is 2.24. The summed E-state index contributed by atoms with van der Waals surface area (Å²) in [6.45, 7) is 5.68. The lowest BCUT2D eigenvalue weighted by Gasteiger charge is -2.31. The first-order chi connectivity index (χ1) is 9.70. The highest BCUT2D eigenvalue weighted by atomic mass is 19.1. The Labute approximate surface area is 122 Å². The lowest BCUT2D eigenvalue weighted by atomic mass is 9.85. The zero-order valence-corrected chi connectivity index (χ0v) is 12.2. The van der Waals surface area contributed by atoms with Gasteiger partial charge in [0.1, 0.15) is 17.6 Å². The van der Waals surface area contributed by atoms with Gasteiger partial charge in [0.2, 0.25) is 5.91 Å². The second-order valence-electron chi connectivity index (χ2n) is 6.15. The summed E-state index contributed by atoms with van der Waals surface area (Å²) in [4.78, 5) is 28.2. The van der Waals surface area contributed by atoms with Gasteiger partial charge in [-0.25, -0.2) is 4.39 Å². The number of amides is 2. The van der Waals surface area contributed by atoms with Crippen LogP contribution in [-0.2, 0) is 9.59 Å². The van der Waals surface area contributed by atoms with Crippen molar-refractivity contribution in [1.82, 2.24) is 5.32 Å². The van der Waals surface area contributed by atoms with Crippen LogP contribution in [0.3, 0.4) is 0 Å². The summed E-state index contributed by atoms with van der Waals surface area (Å²) in [5.41, 5.74) is 6.08. The molecule has 0 aliphatic carbocycles. The highest BCUT2D eigenvalue weighted by Gasteiger charge is 2.37. The average molecular weight is 291 g/mol. The summed E-state index contributed by atoms with van der Waals surface area (Å²) in [6, 6.07) is 4.66. The number of aliphatic imine (C=N–C) groups is 1. The molecule has 3 N–H and O–H groups in total. The lowest BCUT2D eigenvalue weighted by molar-refractivity contribution is -0.129. The number of nitrogens with two attached hydrogens (primary N) is 1. The Morgan fingerprint density at radius 2 is 1.81 bits per heavy atom. The van der Waals surface area contributed by atoms with E-state index in [2.05, 4.69) is 10.3 Å². The number of benzene rings is 1. The molecule has 0 bridgehead atoms. The molecule has 0 fully saturated rings. The van der Waals surface area contributed by atoms with Gasteiger partial charge in [0.05, 0.1) is 6.04 Å². The topological polar surface area (TPSA) is 84.5 Å². The molecule has 0 radical (unpaired) electrons. The van der Waals surface area contributed by atoms with E-state index in [1.54, 1.807) is 0 Å². The number of halogens is 1. The van der Waals surface area contributed by atoms with E-state index < -0.39 is 29.6 Å². The van der Waals surface area contributed by atoms with Gasteiger partial charge < -0.3 is 11.1 Å². The SMILES string of the molecule is CC(C)(C)C(N)C1=NC(=O)C(c2ccc(F)cc2)C(=O)N1. The van der Waals surface area contributed by atoms with Gasteiger partial charge in [0.25, 0.3) is 5.91 Å². The zero-order valence-electron chi connectivity index (χ0n) is 12.2. The molecular weight excluding hydrogens is 273 g/mol. The largest absolute Gasteiger partial charge is 0.321 e. The number of hydrogen-bond acceptors (Lipinski definition) is 3. The Morgan fingerprint density at radius 1 is 1.24 bits per heavy atom. The van der Waals surface area contributed by atoms with Crippen molar-refractivity contribution in [1.29, 1.82) is 0 Å². The van der Waals surface area contributed by atoms with Crippen LogP contribution in [0.25, 0.3) is 0 Å². The predicted octanol–water partition coefficient (Wildman–Crippen LogP) is 1.34. The monoisotopic (exact) mass is 291 g/mol. The number of carbonyl (C=O) groups is 2. The molecule has 112 valence electrons. The van der Waals surface area contributed by atoms with Crippen molar-refractivity contribution in [3.05, 3.63) is 35.6 Å². The van der Waals surface area contributed by atoms with Gasteiger partial charge in [0, 0.05) is 0 Å². The maximum absolute atomic E-state index is 12.9. The van der Waals surface area contributed by atoms with E-state index in [1.165, 1.54) is 24.3 Å². The van der Waals surface area contributed by atoms with Crippen molar-refractivity contribution in [2.75, 3.05) is 0 Å². The second kappa shape index (κ2) is 5.37. The molecule has 1 aliphatic heterocycles. The molecule has 1 aromatic rings. The Bertz CT molecular complexity index is 602. The van der Waals surface area contributed by atoms with Crippen LogP contribution in [0.4, 0.5) is 4.39 Å². The van der Waals surface area contributed by atoms with Crippen LogP contribution in [-0.4, -0.2) is 23.7 Å². The van der Waals surface area contributed by atoms with Crippen LogP contribution in [0.15, 0.2) is 29.3 Å². The minimum atomic E-state index is -1.05. The predicted molar refractivity (Wildman–Crippen MR) is 77.2 cm³/mol. The molecule has 6 heteroatoms. The Morgan fingerprint density at radius 3 is 2.29 bits per heavy atom. The van der Waals surface area contributed by atoms with E-state index in [0.717, 1.165) is 0 Å². The molecule has 1 aliphatic rings. The molecule has 2 atom stereocenters.